The maximum Gasteiger partial charge on any atom is 0.522 e. The van der Waals surface area contributed by atoms with Gasteiger partial charge in [0.05, 0.1) is 18.6 Å². The maximum atomic E-state index is 11.7. The molecule has 0 aliphatic heterocycles. The molecule has 0 amide bonds. The van der Waals surface area contributed by atoms with Crippen LogP contribution < -0.4 is 0 Å². The highest BCUT2D eigenvalue weighted by Gasteiger charge is 2.43. The summed E-state index contributed by atoms with van der Waals surface area (Å²) in [4.78, 5) is 11.0. The summed E-state index contributed by atoms with van der Waals surface area (Å²) >= 11 is 0. The second kappa shape index (κ2) is 4.16. The van der Waals surface area contributed by atoms with E-state index in [-0.39, 0.29) is 19.4 Å². The average Bonchev–Trinajstić information content (AvgIpc) is 1.94. The molecule has 0 bridgehead atoms. The van der Waals surface area contributed by atoms with Gasteiger partial charge in [-0.3, -0.25) is 9.53 Å². The van der Waals surface area contributed by atoms with Crippen molar-refractivity contribution in [3.05, 3.63) is 0 Å². The Labute approximate surface area is 79.2 Å². The number of alkyl halides is 3. The van der Waals surface area contributed by atoms with Crippen LogP contribution in [0.25, 0.3) is 0 Å². The molecule has 0 aromatic rings. The van der Waals surface area contributed by atoms with Crippen LogP contribution in [0.2, 0.25) is 0 Å². The van der Waals surface area contributed by atoms with Crippen molar-refractivity contribution in [2.45, 2.75) is 32.2 Å². The van der Waals surface area contributed by atoms with Crippen molar-refractivity contribution in [2.24, 2.45) is 5.92 Å². The number of halogens is 3. The highest BCUT2D eigenvalue weighted by molar-refractivity contribution is 5.73. The van der Waals surface area contributed by atoms with Crippen molar-refractivity contribution in [3.63, 3.8) is 0 Å². The number of rotatable bonds is 3. The van der Waals surface area contributed by atoms with Gasteiger partial charge in [-0.1, -0.05) is 0 Å². The normalized spacial score (nSPS) is 26.9. The molecule has 1 fully saturated rings. The molecule has 0 spiro atoms. The molecule has 1 saturated carbocycles. The van der Waals surface area contributed by atoms with Gasteiger partial charge in [0, 0.05) is 0 Å². The van der Waals surface area contributed by atoms with Crippen LogP contribution in [0.15, 0.2) is 0 Å². The van der Waals surface area contributed by atoms with Gasteiger partial charge in [-0.15, -0.1) is 13.2 Å². The Morgan fingerprint density at radius 3 is 2.43 bits per heavy atom. The van der Waals surface area contributed by atoms with Gasteiger partial charge in [0.25, 0.3) is 0 Å². The van der Waals surface area contributed by atoms with Crippen molar-refractivity contribution in [3.8, 4) is 0 Å². The van der Waals surface area contributed by atoms with E-state index < -0.39 is 24.4 Å². The van der Waals surface area contributed by atoms with Crippen LogP contribution in [-0.4, -0.2) is 25.0 Å². The summed E-state index contributed by atoms with van der Waals surface area (Å²) in [6.45, 7) is 1.90. The highest BCUT2D eigenvalue weighted by atomic mass is 19.4. The van der Waals surface area contributed by atoms with Crippen LogP contribution in [-0.2, 0) is 14.3 Å². The Morgan fingerprint density at radius 1 is 1.43 bits per heavy atom. The van der Waals surface area contributed by atoms with Gasteiger partial charge in [-0.25, -0.2) is 0 Å². The molecule has 82 valence electrons. The molecule has 1 aliphatic carbocycles. The van der Waals surface area contributed by atoms with Gasteiger partial charge in [0.15, 0.2) is 0 Å². The average molecular weight is 212 g/mol. The maximum absolute atomic E-state index is 11.7. The summed E-state index contributed by atoms with van der Waals surface area (Å²) < 4.78 is 43.4. The first-order chi connectivity index (χ1) is 6.42. The van der Waals surface area contributed by atoms with Crippen LogP contribution >= 0.6 is 0 Å². The molecule has 0 saturated heterocycles. The summed E-state index contributed by atoms with van der Waals surface area (Å²) in [7, 11) is 0. The first-order valence-electron chi connectivity index (χ1n) is 4.33. The van der Waals surface area contributed by atoms with Crippen molar-refractivity contribution in [1.82, 2.24) is 0 Å². The Morgan fingerprint density at radius 2 is 2.00 bits per heavy atom. The predicted molar refractivity (Wildman–Crippen MR) is 40.3 cm³/mol. The van der Waals surface area contributed by atoms with Gasteiger partial charge in [-0.05, 0) is 19.8 Å². The molecule has 0 atom stereocenters. The topological polar surface area (TPSA) is 35.5 Å². The Kier molecular flexibility index (Phi) is 3.36. The fourth-order valence-electron chi connectivity index (χ4n) is 1.30. The minimum absolute atomic E-state index is 0.0956. The standard InChI is InChI=1S/C8H11F3O3/c1-2-13-7(12)5-3-6(4-5)14-8(9,10)11/h5-6H,2-4H2,1H3/t5-,6+. The first kappa shape index (κ1) is 11.3. The van der Waals surface area contributed by atoms with Crippen LogP contribution in [0.1, 0.15) is 19.8 Å². The second-order valence-electron chi connectivity index (χ2n) is 3.11. The van der Waals surface area contributed by atoms with Gasteiger partial charge >= 0.3 is 12.3 Å². The lowest BCUT2D eigenvalue weighted by Crippen LogP contribution is -2.40. The summed E-state index contributed by atoms with van der Waals surface area (Å²) in [5.41, 5.74) is 0. The zero-order valence-corrected chi connectivity index (χ0v) is 7.63. The summed E-state index contributed by atoms with van der Waals surface area (Å²) in [5, 5.41) is 0. The van der Waals surface area contributed by atoms with Crippen LogP contribution in [0, 0.1) is 5.92 Å². The van der Waals surface area contributed by atoms with Crippen molar-refractivity contribution < 1.29 is 27.4 Å². The van der Waals surface area contributed by atoms with Gasteiger partial charge in [0.2, 0.25) is 0 Å². The second-order valence-corrected chi connectivity index (χ2v) is 3.11. The van der Waals surface area contributed by atoms with E-state index in [0.29, 0.717) is 0 Å². The molecule has 0 heterocycles. The quantitative estimate of drug-likeness (QED) is 0.670. The third-order valence-corrected chi connectivity index (χ3v) is 2.02. The minimum atomic E-state index is -4.61. The lowest BCUT2D eigenvalue weighted by atomic mass is 9.82. The number of esters is 1. The van der Waals surface area contributed by atoms with Crippen molar-refractivity contribution in [1.29, 1.82) is 0 Å². The number of hydrogen-bond donors (Lipinski definition) is 0. The van der Waals surface area contributed by atoms with Gasteiger partial charge in [0.1, 0.15) is 0 Å². The van der Waals surface area contributed by atoms with E-state index in [0.717, 1.165) is 0 Å². The number of carbonyl (C=O) groups is 1. The molecule has 0 unspecified atom stereocenters. The van der Waals surface area contributed by atoms with E-state index in [4.69, 9.17) is 0 Å². The summed E-state index contributed by atoms with van der Waals surface area (Å²) in [5.74, 6) is -0.864. The fraction of sp³-hybridized carbons (Fsp3) is 0.875. The molecular formula is C8H11F3O3. The monoisotopic (exact) mass is 212 g/mol. The third kappa shape index (κ3) is 3.17. The summed E-state index contributed by atoms with van der Waals surface area (Å²) in [6, 6.07) is 0. The molecule has 6 heteroatoms. The minimum Gasteiger partial charge on any atom is -0.466 e. The molecule has 0 aromatic heterocycles. The van der Waals surface area contributed by atoms with Crippen LogP contribution in [0.4, 0.5) is 13.2 Å². The van der Waals surface area contributed by atoms with Crippen molar-refractivity contribution in [2.75, 3.05) is 6.61 Å². The van der Waals surface area contributed by atoms with Gasteiger partial charge < -0.3 is 4.74 Å². The smallest absolute Gasteiger partial charge is 0.466 e. The number of ether oxygens (including phenoxy) is 2. The van der Waals surface area contributed by atoms with E-state index >= 15 is 0 Å². The molecule has 0 radical (unpaired) electrons. The largest absolute Gasteiger partial charge is 0.522 e. The molecule has 1 rings (SSSR count). The first-order valence-corrected chi connectivity index (χ1v) is 4.33. The molecule has 0 aromatic carbocycles. The van der Waals surface area contributed by atoms with Crippen LogP contribution in [0.3, 0.4) is 0 Å². The number of hydrogen-bond acceptors (Lipinski definition) is 3. The lowest BCUT2D eigenvalue weighted by Gasteiger charge is -2.33. The lowest BCUT2D eigenvalue weighted by molar-refractivity contribution is -0.353. The van der Waals surface area contributed by atoms with Crippen molar-refractivity contribution >= 4 is 5.97 Å². The van der Waals surface area contributed by atoms with E-state index in [1.807, 2.05) is 0 Å². The molecular weight excluding hydrogens is 201 g/mol. The Bertz CT molecular complexity index is 208. The molecule has 14 heavy (non-hydrogen) atoms. The Balaban J connectivity index is 2.20. The fourth-order valence-corrected chi connectivity index (χ4v) is 1.30. The molecule has 3 nitrogen and oxygen atoms in total. The zero-order chi connectivity index (χ0) is 10.8. The van der Waals surface area contributed by atoms with E-state index in [9.17, 15) is 18.0 Å². The third-order valence-electron chi connectivity index (χ3n) is 2.02. The van der Waals surface area contributed by atoms with E-state index in [1.54, 1.807) is 6.92 Å². The molecule has 1 aliphatic rings. The summed E-state index contributed by atoms with van der Waals surface area (Å²) in [6.07, 6.45) is -5.30. The molecule has 0 N–H and O–H groups in total. The van der Waals surface area contributed by atoms with E-state index in [2.05, 4.69) is 9.47 Å². The number of carbonyl (C=O) groups excluding carboxylic acids is 1. The highest BCUT2D eigenvalue weighted by Crippen LogP contribution is 2.35. The van der Waals surface area contributed by atoms with Gasteiger partial charge in [-0.2, -0.15) is 0 Å². The SMILES string of the molecule is CCOC(=O)[C@H]1C[C@@H](OC(F)(F)F)C1. The van der Waals surface area contributed by atoms with Crippen LogP contribution in [0.5, 0.6) is 0 Å². The van der Waals surface area contributed by atoms with E-state index in [1.165, 1.54) is 0 Å². The Hall–Kier alpha value is -0.780. The zero-order valence-electron chi connectivity index (χ0n) is 7.63. The predicted octanol–water partition coefficient (Wildman–Crippen LogP) is 1.86.